The molecule has 0 aromatic heterocycles. The monoisotopic (exact) mass is 584 g/mol. The molecule has 0 aliphatic heterocycles. The SMILES string of the molecule is CC1=C(/C=C/C(C)=C/C=C/C(C)=C/C=C/C=C(C)/C=C/C=C(C)/C=C/C=C(C)/C=C/CC(C)(C)O)C(C)(C)CCC1(O)O. The van der Waals surface area contributed by atoms with Gasteiger partial charge in [-0.15, -0.1) is 0 Å². The van der Waals surface area contributed by atoms with Gasteiger partial charge in [0.25, 0.3) is 0 Å². The Morgan fingerprint density at radius 2 is 1.05 bits per heavy atom. The van der Waals surface area contributed by atoms with Crippen LogP contribution in [-0.4, -0.2) is 26.7 Å². The van der Waals surface area contributed by atoms with Crippen LogP contribution >= 0.6 is 0 Å². The molecule has 0 amide bonds. The van der Waals surface area contributed by atoms with Crippen molar-refractivity contribution in [1.29, 1.82) is 0 Å². The lowest BCUT2D eigenvalue weighted by atomic mass is 9.70. The third-order valence-corrected chi connectivity index (χ3v) is 7.33. The topological polar surface area (TPSA) is 60.7 Å². The summed E-state index contributed by atoms with van der Waals surface area (Å²) in [6.07, 6.45) is 36.7. The molecular formula is C40H56O3. The van der Waals surface area contributed by atoms with E-state index < -0.39 is 11.4 Å². The summed E-state index contributed by atoms with van der Waals surface area (Å²) in [6, 6.07) is 0. The van der Waals surface area contributed by atoms with Crippen LogP contribution in [0, 0.1) is 5.41 Å². The highest BCUT2D eigenvalue weighted by Crippen LogP contribution is 2.44. The van der Waals surface area contributed by atoms with Gasteiger partial charge in [0.1, 0.15) is 0 Å². The minimum Gasteiger partial charge on any atom is -0.390 e. The summed E-state index contributed by atoms with van der Waals surface area (Å²) in [4.78, 5) is 0. The van der Waals surface area contributed by atoms with Gasteiger partial charge in [-0.3, -0.25) is 0 Å². The predicted octanol–water partition coefficient (Wildman–Crippen LogP) is 10.0. The summed E-state index contributed by atoms with van der Waals surface area (Å²) < 4.78 is 0. The first-order chi connectivity index (χ1) is 19.9. The van der Waals surface area contributed by atoms with Crippen LogP contribution in [0.3, 0.4) is 0 Å². The molecule has 234 valence electrons. The highest BCUT2D eigenvalue weighted by molar-refractivity contribution is 5.40. The van der Waals surface area contributed by atoms with Gasteiger partial charge in [-0.05, 0) is 84.8 Å². The molecule has 0 radical (unpaired) electrons. The molecular weight excluding hydrogens is 528 g/mol. The van der Waals surface area contributed by atoms with Crippen molar-refractivity contribution >= 4 is 0 Å². The van der Waals surface area contributed by atoms with Crippen molar-refractivity contribution in [2.24, 2.45) is 5.41 Å². The fourth-order valence-electron chi connectivity index (χ4n) is 4.38. The summed E-state index contributed by atoms with van der Waals surface area (Å²) in [5.74, 6) is -1.71. The molecule has 0 aromatic carbocycles. The molecule has 3 heteroatoms. The highest BCUT2D eigenvalue weighted by Gasteiger charge is 2.39. The molecule has 1 aliphatic carbocycles. The maximum absolute atomic E-state index is 10.3. The highest BCUT2D eigenvalue weighted by atomic mass is 16.5. The zero-order chi connectivity index (χ0) is 32.7. The zero-order valence-electron chi connectivity index (χ0n) is 28.3. The van der Waals surface area contributed by atoms with Crippen molar-refractivity contribution in [3.05, 3.63) is 142 Å². The average Bonchev–Trinajstić information content (AvgIpc) is 2.88. The Bertz CT molecular complexity index is 1300. The summed E-state index contributed by atoms with van der Waals surface area (Å²) in [6.45, 7) is 20.1. The van der Waals surface area contributed by atoms with Crippen LogP contribution in [0.25, 0.3) is 0 Å². The molecule has 1 aliphatic rings. The van der Waals surface area contributed by atoms with Gasteiger partial charge in [-0.1, -0.05) is 145 Å². The van der Waals surface area contributed by atoms with Crippen molar-refractivity contribution in [3.63, 3.8) is 0 Å². The van der Waals surface area contributed by atoms with Crippen LogP contribution < -0.4 is 0 Å². The maximum atomic E-state index is 10.3. The third kappa shape index (κ3) is 16.3. The van der Waals surface area contributed by atoms with Crippen molar-refractivity contribution in [3.8, 4) is 0 Å². The molecule has 3 N–H and O–H groups in total. The second-order valence-corrected chi connectivity index (χ2v) is 13.0. The van der Waals surface area contributed by atoms with Gasteiger partial charge in [0.15, 0.2) is 5.79 Å². The number of hydrogen-bond donors (Lipinski definition) is 3. The Labute approximate surface area is 262 Å². The van der Waals surface area contributed by atoms with E-state index in [0.29, 0.717) is 18.4 Å². The largest absolute Gasteiger partial charge is 0.390 e. The minimum atomic E-state index is -1.71. The summed E-state index contributed by atoms with van der Waals surface area (Å²) in [5, 5.41) is 30.3. The van der Waals surface area contributed by atoms with Gasteiger partial charge in [0.2, 0.25) is 0 Å². The number of allylic oxidation sites excluding steroid dienone is 22. The quantitative estimate of drug-likeness (QED) is 0.149. The first-order valence-electron chi connectivity index (χ1n) is 15.2. The van der Waals surface area contributed by atoms with Crippen LogP contribution in [0.15, 0.2) is 142 Å². The lowest BCUT2D eigenvalue weighted by molar-refractivity contribution is -0.143. The molecule has 0 fully saturated rings. The van der Waals surface area contributed by atoms with E-state index in [9.17, 15) is 15.3 Å². The standard InChI is InChI=1S/C40H56O3/c1-31(19-13-21-33(3)22-14-23-34(4)25-16-28-39(9,10)41)17-11-12-18-32(2)20-15-24-35(5)26-27-37-36(6)40(42,43)30-29-38(37,7)8/h11-27,41-43H,28-30H2,1-10H3/b12-11+,19-13+,20-15+,22-14+,25-16+,27-26+,31-17+,32-18+,33-21+,34-23+,35-24+. The van der Waals surface area contributed by atoms with Crippen LogP contribution in [0.2, 0.25) is 0 Å². The number of rotatable bonds is 13. The van der Waals surface area contributed by atoms with Crippen LogP contribution in [0.5, 0.6) is 0 Å². The van der Waals surface area contributed by atoms with E-state index in [-0.39, 0.29) is 5.41 Å². The van der Waals surface area contributed by atoms with E-state index in [0.717, 1.165) is 39.9 Å². The maximum Gasteiger partial charge on any atom is 0.185 e. The van der Waals surface area contributed by atoms with E-state index in [1.165, 1.54) is 0 Å². The van der Waals surface area contributed by atoms with Crippen molar-refractivity contribution in [2.45, 2.75) is 99.9 Å². The van der Waals surface area contributed by atoms with E-state index in [1.54, 1.807) is 0 Å². The third-order valence-electron chi connectivity index (χ3n) is 7.33. The molecule has 43 heavy (non-hydrogen) atoms. The van der Waals surface area contributed by atoms with Crippen molar-refractivity contribution in [2.75, 3.05) is 0 Å². The van der Waals surface area contributed by atoms with Gasteiger partial charge in [-0.25, -0.2) is 0 Å². The number of aliphatic hydroxyl groups is 3. The summed E-state index contributed by atoms with van der Waals surface area (Å²) >= 11 is 0. The molecule has 0 spiro atoms. The predicted molar refractivity (Wildman–Crippen MR) is 187 cm³/mol. The molecule has 0 bridgehead atoms. The van der Waals surface area contributed by atoms with Gasteiger partial charge in [-0.2, -0.15) is 0 Å². The molecule has 0 atom stereocenters. The molecule has 0 saturated carbocycles. The van der Waals surface area contributed by atoms with Crippen molar-refractivity contribution < 1.29 is 15.3 Å². The Hall–Kier alpha value is -3.24. The molecule has 0 aromatic rings. The average molecular weight is 585 g/mol. The van der Waals surface area contributed by atoms with Crippen LogP contribution in [0.1, 0.15) is 88.5 Å². The first-order valence-corrected chi connectivity index (χ1v) is 15.2. The van der Waals surface area contributed by atoms with Crippen LogP contribution in [0.4, 0.5) is 0 Å². The lowest BCUT2D eigenvalue weighted by Crippen LogP contribution is -2.38. The van der Waals surface area contributed by atoms with Crippen molar-refractivity contribution in [1.82, 2.24) is 0 Å². The molecule has 1 rings (SSSR count). The van der Waals surface area contributed by atoms with Gasteiger partial charge >= 0.3 is 0 Å². The Kier molecular flexibility index (Phi) is 15.6. The first kappa shape index (κ1) is 37.8. The van der Waals surface area contributed by atoms with Gasteiger partial charge in [0.05, 0.1) is 5.60 Å². The Balaban J connectivity index is 2.66. The fraction of sp³-hybridized carbons (Fsp3) is 0.400. The molecule has 0 heterocycles. The second kappa shape index (κ2) is 17.8. The number of hydrogen-bond acceptors (Lipinski definition) is 3. The lowest BCUT2D eigenvalue weighted by Gasteiger charge is -2.39. The normalized spacial score (nSPS) is 20.1. The van der Waals surface area contributed by atoms with E-state index in [1.807, 2.05) is 76.3 Å². The molecule has 3 nitrogen and oxygen atoms in total. The fourth-order valence-corrected chi connectivity index (χ4v) is 4.38. The Morgan fingerprint density at radius 3 is 1.49 bits per heavy atom. The molecule has 0 saturated heterocycles. The Morgan fingerprint density at radius 1 is 0.651 bits per heavy atom. The van der Waals surface area contributed by atoms with Crippen LogP contribution in [-0.2, 0) is 0 Å². The zero-order valence-corrected chi connectivity index (χ0v) is 28.3. The second-order valence-electron chi connectivity index (χ2n) is 13.0. The van der Waals surface area contributed by atoms with E-state index in [4.69, 9.17) is 0 Å². The van der Waals surface area contributed by atoms with E-state index in [2.05, 4.69) is 96.2 Å². The van der Waals surface area contributed by atoms with Gasteiger partial charge < -0.3 is 15.3 Å². The summed E-state index contributed by atoms with van der Waals surface area (Å²) in [5.41, 5.74) is 6.59. The molecule has 0 unspecified atom stereocenters. The van der Waals surface area contributed by atoms with E-state index >= 15 is 0 Å². The van der Waals surface area contributed by atoms with Gasteiger partial charge in [0, 0.05) is 6.42 Å². The smallest absolute Gasteiger partial charge is 0.185 e. The minimum absolute atomic E-state index is 0.0815. The summed E-state index contributed by atoms with van der Waals surface area (Å²) in [7, 11) is 0.